The molecule has 7 nitrogen and oxygen atoms in total. The van der Waals surface area contributed by atoms with Crippen LogP contribution in [0.5, 0.6) is 0 Å². The van der Waals surface area contributed by atoms with Crippen LogP contribution in [0.4, 0.5) is 0 Å². The Hall–Kier alpha value is -2.83. The van der Waals surface area contributed by atoms with E-state index in [0.717, 1.165) is 43.3 Å². The third-order valence-electron chi connectivity index (χ3n) is 4.73. The first kappa shape index (κ1) is 19.9. The maximum absolute atomic E-state index is 12.1. The smallest absolute Gasteiger partial charge is 0.310 e. The summed E-state index contributed by atoms with van der Waals surface area (Å²) in [5.41, 5.74) is 1.93. The van der Waals surface area contributed by atoms with E-state index in [1.165, 1.54) is 0 Å². The number of nitrogens with one attached hydrogen (secondary N) is 1. The standard InChI is InChI=1S/C21H29N5O2/c1-3-22-21(25-13-8-9-17(16-25)20(27)28-4-2)23-15-18-12-14-26(24-18)19-10-6-5-7-11-19/h5-7,10-12,14,17H,3-4,8-9,13,15-16H2,1-2H3,(H,22,23). The molecule has 1 atom stereocenters. The molecule has 1 aliphatic heterocycles. The van der Waals surface area contributed by atoms with Gasteiger partial charge in [0.25, 0.3) is 0 Å². The van der Waals surface area contributed by atoms with Crippen LogP contribution in [0.15, 0.2) is 47.6 Å². The number of ether oxygens (including phenoxy) is 1. The number of nitrogens with zero attached hydrogens (tertiary/aromatic N) is 4. The Morgan fingerprint density at radius 2 is 2.11 bits per heavy atom. The zero-order valence-electron chi connectivity index (χ0n) is 16.7. The summed E-state index contributed by atoms with van der Waals surface area (Å²) in [6, 6.07) is 12.0. The summed E-state index contributed by atoms with van der Waals surface area (Å²) < 4.78 is 7.06. The molecule has 3 rings (SSSR count). The van der Waals surface area contributed by atoms with Gasteiger partial charge >= 0.3 is 5.97 Å². The predicted octanol–water partition coefficient (Wildman–Crippen LogP) is 2.61. The number of rotatable bonds is 6. The highest BCUT2D eigenvalue weighted by molar-refractivity contribution is 5.81. The number of para-hydroxylation sites is 1. The summed E-state index contributed by atoms with van der Waals surface area (Å²) >= 11 is 0. The number of aromatic nitrogens is 2. The van der Waals surface area contributed by atoms with Gasteiger partial charge in [-0.15, -0.1) is 0 Å². The Balaban J connectivity index is 1.67. The van der Waals surface area contributed by atoms with Crippen molar-refractivity contribution < 1.29 is 9.53 Å². The number of hydrogen-bond acceptors (Lipinski definition) is 4. The summed E-state index contributed by atoms with van der Waals surface area (Å²) in [7, 11) is 0. The van der Waals surface area contributed by atoms with E-state index in [9.17, 15) is 4.79 Å². The van der Waals surface area contributed by atoms with Crippen LogP contribution >= 0.6 is 0 Å². The molecular formula is C21H29N5O2. The van der Waals surface area contributed by atoms with E-state index in [1.54, 1.807) is 0 Å². The van der Waals surface area contributed by atoms with E-state index >= 15 is 0 Å². The highest BCUT2D eigenvalue weighted by Gasteiger charge is 2.28. The zero-order valence-corrected chi connectivity index (χ0v) is 16.7. The molecule has 7 heteroatoms. The Labute approximate surface area is 166 Å². The lowest BCUT2D eigenvalue weighted by Crippen LogP contribution is -2.48. The molecule has 0 saturated carbocycles. The normalized spacial score (nSPS) is 17.4. The fourth-order valence-electron chi connectivity index (χ4n) is 3.37. The van der Waals surface area contributed by atoms with E-state index in [-0.39, 0.29) is 11.9 Å². The highest BCUT2D eigenvalue weighted by atomic mass is 16.5. The average molecular weight is 383 g/mol. The third kappa shape index (κ3) is 5.12. The lowest BCUT2D eigenvalue weighted by molar-refractivity contribution is -0.149. The fourth-order valence-corrected chi connectivity index (χ4v) is 3.37. The van der Waals surface area contributed by atoms with Gasteiger partial charge in [-0.25, -0.2) is 9.67 Å². The van der Waals surface area contributed by atoms with Gasteiger partial charge in [-0.05, 0) is 44.9 Å². The monoisotopic (exact) mass is 383 g/mol. The third-order valence-corrected chi connectivity index (χ3v) is 4.73. The van der Waals surface area contributed by atoms with Gasteiger partial charge < -0.3 is 15.0 Å². The highest BCUT2D eigenvalue weighted by Crippen LogP contribution is 2.18. The summed E-state index contributed by atoms with van der Waals surface area (Å²) in [6.45, 7) is 7.11. The van der Waals surface area contributed by atoms with Crippen LogP contribution in [0.25, 0.3) is 5.69 Å². The molecule has 1 unspecified atom stereocenters. The molecule has 1 aromatic heterocycles. The van der Waals surface area contributed by atoms with Gasteiger partial charge in [0, 0.05) is 25.8 Å². The van der Waals surface area contributed by atoms with Gasteiger partial charge in [0.05, 0.1) is 30.5 Å². The van der Waals surface area contributed by atoms with Crippen molar-refractivity contribution in [2.75, 3.05) is 26.2 Å². The number of piperidine rings is 1. The average Bonchev–Trinajstić information content (AvgIpc) is 3.21. The minimum atomic E-state index is -0.107. The Morgan fingerprint density at radius 1 is 1.29 bits per heavy atom. The Morgan fingerprint density at radius 3 is 2.86 bits per heavy atom. The molecular weight excluding hydrogens is 354 g/mol. The molecule has 0 spiro atoms. The van der Waals surface area contributed by atoms with Crippen LogP contribution in [0.3, 0.4) is 0 Å². The van der Waals surface area contributed by atoms with Gasteiger partial charge in [-0.2, -0.15) is 5.10 Å². The molecule has 2 aromatic rings. The Kier molecular flexibility index (Phi) is 7.06. The van der Waals surface area contributed by atoms with Crippen molar-refractivity contribution in [3.05, 3.63) is 48.3 Å². The summed E-state index contributed by atoms with van der Waals surface area (Å²) in [5, 5.41) is 7.96. The number of carbonyl (C=O) groups is 1. The second kappa shape index (κ2) is 9.92. The molecule has 0 radical (unpaired) electrons. The van der Waals surface area contributed by atoms with Crippen LogP contribution in [0.1, 0.15) is 32.4 Å². The Bertz CT molecular complexity index is 787. The largest absolute Gasteiger partial charge is 0.466 e. The number of benzene rings is 1. The van der Waals surface area contributed by atoms with Gasteiger partial charge in [-0.3, -0.25) is 4.79 Å². The summed E-state index contributed by atoms with van der Waals surface area (Å²) in [4.78, 5) is 19.0. The van der Waals surface area contributed by atoms with Crippen LogP contribution in [0, 0.1) is 5.92 Å². The van der Waals surface area contributed by atoms with Crippen molar-refractivity contribution in [3.63, 3.8) is 0 Å². The van der Waals surface area contributed by atoms with Crippen molar-refractivity contribution >= 4 is 11.9 Å². The van der Waals surface area contributed by atoms with Crippen molar-refractivity contribution in [3.8, 4) is 5.69 Å². The molecule has 1 aromatic carbocycles. The molecule has 0 amide bonds. The molecule has 1 saturated heterocycles. The minimum absolute atomic E-state index is 0.0881. The first-order valence-electron chi connectivity index (χ1n) is 10.0. The summed E-state index contributed by atoms with van der Waals surface area (Å²) in [5.74, 6) is 0.630. The molecule has 1 fully saturated rings. The van der Waals surface area contributed by atoms with Crippen LogP contribution in [-0.4, -0.2) is 52.9 Å². The lowest BCUT2D eigenvalue weighted by Gasteiger charge is -2.33. The topological polar surface area (TPSA) is 71.8 Å². The molecule has 28 heavy (non-hydrogen) atoms. The van der Waals surface area contributed by atoms with Crippen LogP contribution in [0.2, 0.25) is 0 Å². The van der Waals surface area contributed by atoms with Gasteiger partial charge in [0.2, 0.25) is 0 Å². The molecule has 0 bridgehead atoms. The SMILES string of the molecule is CCNC(=NCc1ccn(-c2ccccc2)n1)N1CCCC(C(=O)OCC)C1. The van der Waals surface area contributed by atoms with Crippen molar-refractivity contribution in [2.45, 2.75) is 33.2 Å². The van der Waals surface area contributed by atoms with Gasteiger partial charge in [0.1, 0.15) is 0 Å². The number of hydrogen-bond donors (Lipinski definition) is 1. The van der Waals surface area contributed by atoms with E-state index in [0.29, 0.717) is 19.7 Å². The predicted molar refractivity (Wildman–Crippen MR) is 109 cm³/mol. The minimum Gasteiger partial charge on any atom is -0.466 e. The van der Waals surface area contributed by atoms with Gasteiger partial charge in [-0.1, -0.05) is 18.2 Å². The van der Waals surface area contributed by atoms with E-state index in [1.807, 2.05) is 61.1 Å². The van der Waals surface area contributed by atoms with Crippen LogP contribution in [-0.2, 0) is 16.1 Å². The van der Waals surface area contributed by atoms with Crippen LogP contribution < -0.4 is 5.32 Å². The fraction of sp³-hybridized carbons (Fsp3) is 0.476. The molecule has 2 heterocycles. The summed E-state index contributed by atoms with van der Waals surface area (Å²) in [6.07, 6.45) is 3.78. The van der Waals surface area contributed by atoms with E-state index < -0.39 is 0 Å². The quantitative estimate of drug-likeness (QED) is 0.472. The van der Waals surface area contributed by atoms with Crippen molar-refractivity contribution in [2.24, 2.45) is 10.9 Å². The molecule has 1 aliphatic rings. The second-order valence-electron chi connectivity index (χ2n) is 6.79. The second-order valence-corrected chi connectivity index (χ2v) is 6.79. The molecule has 1 N–H and O–H groups in total. The van der Waals surface area contributed by atoms with E-state index in [2.05, 4.69) is 15.3 Å². The lowest BCUT2D eigenvalue weighted by atomic mass is 9.98. The maximum Gasteiger partial charge on any atom is 0.310 e. The first-order valence-corrected chi connectivity index (χ1v) is 10.0. The molecule has 150 valence electrons. The van der Waals surface area contributed by atoms with Gasteiger partial charge in [0.15, 0.2) is 5.96 Å². The number of esters is 1. The molecule has 0 aliphatic carbocycles. The maximum atomic E-state index is 12.1. The van der Waals surface area contributed by atoms with E-state index in [4.69, 9.17) is 9.73 Å². The van der Waals surface area contributed by atoms with Crippen molar-refractivity contribution in [1.82, 2.24) is 20.0 Å². The first-order chi connectivity index (χ1) is 13.7. The number of aliphatic imine (C=N–C) groups is 1. The number of carbonyl (C=O) groups excluding carboxylic acids is 1. The number of guanidine groups is 1. The zero-order chi connectivity index (χ0) is 19.8. The van der Waals surface area contributed by atoms with Crippen molar-refractivity contribution in [1.29, 1.82) is 0 Å². The number of likely N-dealkylation sites (tertiary alicyclic amines) is 1.